The summed E-state index contributed by atoms with van der Waals surface area (Å²) in [4.78, 5) is 24.5. The van der Waals surface area contributed by atoms with E-state index in [-0.39, 0.29) is 18.4 Å². The number of hydrogen-bond donors (Lipinski definition) is 1. The van der Waals surface area contributed by atoms with E-state index in [1.807, 2.05) is 13.8 Å². The van der Waals surface area contributed by atoms with E-state index in [1.165, 1.54) is 0 Å². The average Bonchev–Trinajstić information content (AvgIpc) is 2.62. The van der Waals surface area contributed by atoms with E-state index in [9.17, 15) is 9.59 Å². The number of rotatable bonds is 6. The molecule has 1 N–H and O–H groups in total. The highest BCUT2D eigenvalue weighted by Crippen LogP contribution is 2.32. The van der Waals surface area contributed by atoms with Crippen LogP contribution >= 0.6 is 34.5 Å². The first-order chi connectivity index (χ1) is 8.82. The lowest BCUT2D eigenvalue weighted by atomic mass is 10.2. The SMILES string of the molecule is CC(C)N(CCCC(=O)O)C(=O)c1cc(Cl)sc1Cl. The van der Waals surface area contributed by atoms with Crippen molar-refractivity contribution in [2.24, 2.45) is 0 Å². The molecular weight excluding hydrogens is 309 g/mol. The molecule has 0 saturated carbocycles. The van der Waals surface area contributed by atoms with Crippen molar-refractivity contribution in [3.8, 4) is 0 Å². The van der Waals surface area contributed by atoms with E-state index in [1.54, 1.807) is 11.0 Å². The van der Waals surface area contributed by atoms with Gasteiger partial charge in [-0.2, -0.15) is 0 Å². The van der Waals surface area contributed by atoms with Crippen LogP contribution in [-0.2, 0) is 4.79 Å². The van der Waals surface area contributed by atoms with Gasteiger partial charge in [0.2, 0.25) is 0 Å². The minimum absolute atomic E-state index is 0.0314. The molecule has 0 radical (unpaired) electrons. The second-order valence-electron chi connectivity index (χ2n) is 4.33. The molecule has 1 heterocycles. The lowest BCUT2D eigenvalue weighted by Gasteiger charge is -2.26. The fourth-order valence-electron chi connectivity index (χ4n) is 1.64. The second-order valence-corrected chi connectivity index (χ2v) is 6.61. The monoisotopic (exact) mass is 323 g/mol. The van der Waals surface area contributed by atoms with Crippen molar-refractivity contribution in [3.63, 3.8) is 0 Å². The van der Waals surface area contributed by atoms with Gasteiger partial charge in [0.15, 0.2) is 0 Å². The Morgan fingerprint density at radius 3 is 2.47 bits per heavy atom. The van der Waals surface area contributed by atoms with Gasteiger partial charge in [0, 0.05) is 19.0 Å². The number of carbonyl (C=O) groups excluding carboxylic acids is 1. The summed E-state index contributed by atoms with van der Waals surface area (Å²) >= 11 is 12.9. The fourth-order valence-corrected chi connectivity index (χ4v) is 3.08. The van der Waals surface area contributed by atoms with Crippen molar-refractivity contribution < 1.29 is 14.7 Å². The van der Waals surface area contributed by atoms with Crippen LogP contribution in [0.3, 0.4) is 0 Å². The van der Waals surface area contributed by atoms with Crippen LogP contribution in [0.4, 0.5) is 0 Å². The molecule has 19 heavy (non-hydrogen) atoms. The van der Waals surface area contributed by atoms with Crippen molar-refractivity contribution in [3.05, 3.63) is 20.3 Å². The van der Waals surface area contributed by atoms with Gasteiger partial charge in [-0.1, -0.05) is 23.2 Å². The quantitative estimate of drug-likeness (QED) is 0.866. The van der Waals surface area contributed by atoms with Gasteiger partial charge in [-0.25, -0.2) is 0 Å². The number of carboxylic acid groups (broad SMARTS) is 1. The van der Waals surface area contributed by atoms with Gasteiger partial charge in [-0.15, -0.1) is 11.3 Å². The number of halogens is 2. The number of thiophene rings is 1. The number of nitrogens with zero attached hydrogens (tertiary/aromatic N) is 1. The van der Waals surface area contributed by atoms with Crippen molar-refractivity contribution in [1.82, 2.24) is 4.90 Å². The predicted molar refractivity (Wildman–Crippen MR) is 77.4 cm³/mol. The highest BCUT2D eigenvalue weighted by molar-refractivity contribution is 7.20. The molecule has 0 aliphatic heterocycles. The molecule has 0 bridgehead atoms. The Kier molecular flexibility index (Phi) is 6.10. The summed E-state index contributed by atoms with van der Waals surface area (Å²) in [6, 6.07) is 1.51. The number of carbonyl (C=O) groups is 2. The molecule has 0 spiro atoms. The summed E-state index contributed by atoms with van der Waals surface area (Å²) in [6.45, 7) is 4.13. The molecule has 0 aromatic carbocycles. The molecule has 1 amide bonds. The Bertz CT molecular complexity index is 474. The Hall–Kier alpha value is -0.780. The molecule has 7 heteroatoms. The maximum absolute atomic E-state index is 12.3. The summed E-state index contributed by atoms with van der Waals surface area (Å²) in [6.07, 6.45) is 0.448. The molecule has 1 aromatic heterocycles. The first-order valence-electron chi connectivity index (χ1n) is 5.80. The fraction of sp³-hybridized carbons (Fsp3) is 0.500. The Balaban J connectivity index is 2.78. The molecule has 0 aliphatic carbocycles. The number of amides is 1. The Morgan fingerprint density at radius 2 is 2.05 bits per heavy atom. The van der Waals surface area contributed by atoms with Gasteiger partial charge >= 0.3 is 5.97 Å². The number of aliphatic carboxylic acids is 1. The molecule has 0 unspecified atom stereocenters. The van der Waals surface area contributed by atoms with Crippen molar-refractivity contribution in [2.75, 3.05) is 6.54 Å². The predicted octanol–water partition coefficient (Wildman–Crippen LogP) is 3.77. The maximum atomic E-state index is 12.3. The lowest BCUT2D eigenvalue weighted by Crippen LogP contribution is -2.37. The van der Waals surface area contributed by atoms with Gasteiger partial charge in [-0.3, -0.25) is 9.59 Å². The smallest absolute Gasteiger partial charge is 0.303 e. The minimum atomic E-state index is -0.868. The first-order valence-corrected chi connectivity index (χ1v) is 7.37. The summed E-state index contributed by atoms with van der Waals surface area (Å²) < 4.78 is 0.821. The highest BCUT2D eigenvalue weighted by atomic mass is 35.5. The van der Waals surface area contributed by atoms with Gasteiger partial charge < -0.3 is 10.0 Å². The Morgan fingerprint density at radius 1 is 1.42 bits per heavy atom. The van der Waals surface area contributed by atoms with Gasteiger partial charge in [-0.05, 0) is 26.3 Å². The normalized spacial score (nSPS) is 10.8. The topological polar surface area (TPSA) is 57.6 Å². The van der Waals surface area contributed by atoms with Crippen LogP contribution in [-0.4, -0.2) is 34.5 Å². The van der Waals surface area contributed by atoms with Crippen LogP contribution in [0.5, 0.6) is 0 Å². The highest BCUT2D eigenvalue weighted by Gasteiger charge is 2.22. The van der Waals surface area contributed by atoms with Gasteiger partial charge in [0.1, 0.15) is 4.34 Å². The van der Waals surface area contributed by atoms with Gasteiger partial charge in [0.05, 0.1) is 9.90 Å². The van der Waals surface area contributed by atoms with Crippen LogP contribution < -0.4 is 0 Å². The van der Waals surface area contributed by atoms with Crippen LogP contribution in [0, 0.1) is 0 Å². The summed E-state index contributed by atoms with van der Waals surface area (Å²) in [7, 11) is 0. The van der Waals surface area contributed by atoms with E-state index >= 15 is 0 Å². The van der Waals surface area contributed by atoms with E-state index < -0.39 is 5.97 Å². The van der Waals surface area contributed by atoms with Crippen LogP contribution in [0.2, 0.25) is 8.67 Å². The molecule has 4 nitrogen and oxygen atoms in total. The zero-order chi connectivity index (χ0) is 14.6. The third-order valence-corrected chi connectivity index (χ3v) is 4.05. The number of hydrogen-bond acceptors (Lipinski definition) is 3. The Labute approximate surface area is 125 Å². The number of carboxylic acids is 1. The average molecular weight is 324 g/mol. The molecule has 0 atom stereocenters. The lowest BCUT2D eigenvalue weighted by molar-refractivity contribution is -0.137. The van der Waals surface area contributed by atoms with E-state index in [4.69, 9.17) is 28.3 Å². The van der Waals surface area contributed by atoms with Crippen molar-refractivity contribution in [1.29, 1.82) is 0 Å². The minimum Gasteiger partial charge on any atom is -0.481 e. The van der Waals surface area contributed by atoms with Gasteiger partial charge in [0.25, 0.3) is 5.91 Å². The first kappa shape index (κ1) is 16.3. The van der Waals surface area contributed by atoms with Crippen LogP contribution in [0.1, 0.15) is 37.0 Å². The molecule has 1 aromatic rings. The van der Waals surface area contributed by atoms with Crippen molar-refractivity contribution >= 4 is 46.4 Å². The summed E-state index contributed by atoms with van der Waals surface area (Å²) in [5, 5.41) is 8.63. The molecule has 0 aliphatic rings. The maximum Gasteiger partial charge on any atom is 0.303 e. The molecule has 0 fully saturated rings. The third-order valence-electron chi connectivity index (χ3n) is 2.56. The van der Waals surface area contributed by atoms with Crippen LogP contribution in [0.25, 0.3) is 0 Å². The van der Waals surface area contributed by atoms with E-state index in [0.717, 1.165) is 11.3 Å². The standard InChI is InChI=1S/C12H15Cl2NO3S/c1-7(2)15(5-3-4-10(16)17)12(18)8-6-9(13)19-11(8)14/h6-7H,3-5H2,1-2H3,(H,16,17). The third kappa shape index (κ3) is 4.67. The second kappa shape index (κ2) is 7.12. The summed E-state index contributed by atoms with van der Waals surface area (Å²) in [5.41, 5.74) is 0.376. The van der Waals surface area contributed by atoms with E-state index in [2.05, 4.69) is 0 Å². The zero-order valence-electron chi connectivity index (χ0n) is 10.7. The van der Waals surface area contributed by atoms with E-state index in [0.29, 0.717) is 27.2 Å². The largest absolute Gasteiger partial charge is 0.481 e. The molecule has 1 rings (SSSR count). The molecule has 0 saturated heterocycles. The zero-order valence-corrected chi connectivity index (χ0v) is 13.0. The summed E-state index contributed by atoms with van der Waals surface area (Å²) in [5.74, 6) is -1.08. The van der Waals surface area contributed by atoms with Crippen LogP contribution in [0.15, 0.2) is 6.07 Å². The molecular formula is C12H15Cl2NO3S. The molecule has 106 valence electrons. The van der Waals surface area contributed by atoms with Crippen molar-refractivity contribution in [2.45, 2.75) is 32.7 Å².